The number of fused-ring (bicyclic) bond motifs is 1. The Morgan fingerprint density at radius 2 is 1.84 bits per heavy atom. The molecule has 1 saturated heterocycles. The molecule has 1 aromatic heterocycles. The van der Waals surface area contributed by atoms with Crippen LogP contribution in [-0.2, 0) is 16.1 Å². The number of amides is 2. The lowest BCUT2D eigenvalue weighted by Gasteiger charge is -2.21. The van der Waals surface area contributed by atoms with Crippen LogP contribution in [-0.4, -0.2) is 53.0 Å². The fraction of sp³-hybridized carbons (Fsp3) is 0.375. The molecule has 7 heteroatoms. The number of carbonyl (C=O) groups is 2. The molecule has 1 fully saturated rings. The standard InChI is InChI=1S/C24H28N4O3/c1-4-26(5-2)23(30)16-28-21-9-7-6-8-20(21)25-24(28)17-14-22(29)27(15-17)18-10-12-19(31-3)13-11-18/h6-13,17H,4-5,14-16H2,1-3H3/t17-/m1/s1. The molecule has 0 N–H and O–H groups in total. The number of ether oxygens (including phenoxy) is 1. The van der Waals surface area contributed by atoms with E-state index in [4.69, 9.17) is 9.72 Å². The van der Waals surface area contributed by atoms with Gasteiger partial charge in [0.05, 0.1) is 18.1 Å². The summed E-state index contributed by atoms with van der Waals surface area (Å²) in [6, 6.07) is 15.3. The van der Waals surface area contributed by atoms with E-state index in [-0.39, 0.29) is 24.3 Å². The Balaban J connectivity index is 1.66. The second-order valence-corrected chi connectivity index (χ2v) is 7.71. The van der Waals surface area contributed by atoms with Crippen LogP contribution in [0.4, 0.5) is 5.69 Å². The van der Waals surface area contributed by atoms with Crippen LogP contribution in [0.25, 0.3) is 11.0 Å². The first-order valence-corrected chi connectivity index (χ1v) is 10.7. The number of likely N-dealkylation sites (N-methyl/N-ethyl adjacent to an activating group) is 1. The second kappa shape index (κ2) is 8.79. The summed E-state index contributed by atoms with van der Waals surface area (Å²) in [6.07, 6.45) is 0.370. The molecule has 0 spiro atoms. The van der Waals surface area contributed by atoms with Crippen LogP contribution >= 0.6 is 0 Å². The van der Waals surface area contributed by atoms with Gasteiger partial charge in [-0.05, 0) is 50.2 Å². The molecule has 4 rings (SSSR count). The van der Waals surface area contributed by atoms with Crippen molar-refractivity contribution in [2.24, 2.45) is 0 Å². The van der Waals surface area contributed by atoms with Crippen LogP contribution in [0, 0.1) is 0 Å². The molecule has 2 amide bonds. The van der Waals surface area contributed by atoms with Gasteiger partial charge in [0.2, 0.25) is 11.8 Å². The quantitative estimate of drug-likeness (QED) is 0.587. The van der Waals surface area contributed by atoms with Gasteiger partial charge in [-0.15, -0.1) is 0 Å². The van der Waals surface area contributed by atoms with Crippen molar-refractivity contribution in [2.75, 3.05) is 31.6 Å². The zero-order chi connectivity index (χ0) is 22.0. The Bertz CT molecular complexity index is 1090. The number of carbonyl (C=O) groups excluding carboxylic acids is 2. The van der Waals surface area contributed by atoms with E-state index in [1.165, 1.54) is 0 Å². The van der Waals surface area contributed by atoms with Crippen LogP contribution in [0.1, 0.15) is 32.0 Å². The Kier molecular flexibility index (Phi) is 5.93. The van der Waals surface area contributed by atoms with Crippen molar-refractivity contribution in [2.45, 2.75) is 32.7 Å². The molecule has 0 saturated carbocycles. The smallest absolute Gasteiger partial charge is 0.242 e. The molecule has 1 aliphatic heterocycles. The monoisotopic (exact) mass is 420 g/mol. The van der Waals surface area contributed by atoms with Crippen LogP contribution in [0.3, 0.4) is 0 Å². The Morgan fingerprint density at radius 1 is 1.13 bits per heavy atom. The maximum absolute atomic E-state index is 12.9. The molecule has 7 nitrogen and oxygen atoms in total. The van der Waals surface area contributed by atoms with E-state index < -0.39 is 0 Å². The first-order chi connectivity index (χ1) is 15.0. The lowest BCUT2D eigenvalue weighted by molar-refractivity contribution is -0.131. The summed E-state index contributed by atoms with van der Waals surface area (Å²) in [5.74, 6) is 1.59. The van der Waals surface area contributed by atoms with E-state index in [1.807, 2.05) is 71.8 Å². The topological polar surface area (TPSA) is 67.7 Å². The van der Waals surface area contributed by atoms with Crippen molar-refractivity contribution < 1.29 is 14.3 Å². The molecule has 162 valence electrons. The second-order valence-electron chi connectivity index (χ2n) is 7.71. The number of benzene rings is 2. The summed E-state index contributed by atoms with van der Waals surface area (Å²) < 4.78 is 7.21. The third kappa shape index (κ3) is 4.00. The van der Waals surface area contributed by atoms with Gasteiger partial charge >= 0.3 is 0 Å². The summed E-state index contributed by atoms with van der Waals surface area (Å²) in [6.45, 7) is 6.07. The lowest BCUT2D eigenvalue weighted by Crippen LogP contribution is -2.34. The number of para-hydroxylation sites is 2. The van der Waals surface area contributed by atoms with Gasteiger partial charge in [-0.2, -0.15) is 0 Å². The highest BCUT2D eigenvalue weighted by Gasteiger charge is 2.35. The SMILES string of the molecule is CCN(CC)C(=O)Cn1c([C@@H]2CC(=O)N(c3ccc(OC)cc3)C2)nc2ccccc21. The Morgan fingerprint density at radius 3 is 2.52 bits per heavy atom. The number of hydrogen-bond donors (Lipinski definition) is 0. The Hall–Kier alpha value is -3.35. The van der Waals surface area contributed by atoms with Crippen LogP contribution in [0.5, 0.6) is 5.75 Å². The molecular weight excluding hydrogens is 392 g/mol. The van der Waals surface area contributed by atoms with Gasteiger partial charge in [-0.1, -0.05) is 12.1 Å². The summed E-state index contributed by atoms with van der Waals surface area (Å²) >= 11 is 0. The Labute approximate surface area is 182 Å². The molecule has 1 aliphatic rings. The third-order valence-electron chi connectivity index (χ3n) is 5.97. The zero-order valence-electron chi connectivity index (χ0n) is 18.2. The van der Waals surface area contributed by atoms with E-state index in [0.717, 1.165) is 28.3 Å². The third-order valence-corrected chi connectivity index (χ3v) is 5.97. The van der Waals surface area contributed by atoms with Crippen LogP contribution < -0.4 is 9.64 Å². The van der Waals surface area contributed by atoms with E-state index >= 15 is 0 Å². The number of anilines is 1. The highest BCUT2D eigenvalue weighted by atomic mass is 16.5. The van der Waals surface area contributed by atoms with Crippen molar-refractivity contribution in [1.82, 2.24) is 14.5 Å². The number of hydrogen-bond acceptors (Lipinski definition) is 4. The van der Waals surface area contributed by atoms with Gasteiger partial charge in [0.25, 0.3) is 0 Å². The largest absolute Gasteiger partial charge is 0.497 e. The van der Waals surface area contributed by atoms with E-state index in [0.29, 0.717) is 26.1 Å². The van der Waals surface area contributed by atoms with Gasteiger partial charge < -0.3 is 19.1 Å². The predicted octanol–water partition coefficient (Wildman–Crippen LogP) is 3.43. The predicted molar refractivity (Wildman–Crippen MR) is 120 cm³/mol. The average Bonchev–Trinajstić information content (AvgIpc) is 3.35. The minimum Gasteiger partial charge on any atom is -0.497 e. The van der Waals surface area contributed by atoms with Crippen LogP contribution in [0.15, 0.2) is 48.5 Å². The van der Waals surface area contributed by atoms with Gasteiger partial charge in [0, 0.05) is 37.7 Å². The van der Waals surface area contributed by atoms with Gasteiger partial charge in [-0.25, -0.2) is 4.98 Å². The van der Waals surface area contributed by atoms with Crippen molar-refractivity contribution in [3.05, 3.63) is 54.4 Å². The molecule has 0 radical (unpaired) electrons. The number of aromatic nitrogens is 2. The highest BCUT2D eigenvalue weighted by Crippen LogP contribution is 2.33. The number of imidazole rings is 1. The lowest BCUT2D eigenvalue weighted by atomic mass is 10.1. The number of rotatable bonds is 7. The molecule has 0 aliphatic carbocycles. The summed E-state index contributed by atoms with van der Waals surface area (Å²) in [4.78, 5) is 34.2. The number of nitrogens with zero attached hydrogens (tertiary/aromatic N) is 4. The molecule has 2 aromatic carbocycles. The fourth-order valence-electron chi connectivity index (χ4n) is 4.28. The van der Waals surface area contributed by atoms with Gasteiger partial charge in [-0.3, -0.25) is 9.59 Å². The van der Waals surface area contributed by atoms with Gasteiger partial charge in [0.1, 0.15) is 18.1 Å². The maximum Gasteiger partial charge on any atom is 0.242 e. The first-order valence-electron chi connectivity index (χ1n) is 10.7. The zero-order valence-corrected chi connectivity index (χ0v) is 18.2. The van der Waals surface area contributed by atoms with Crippen molar-refractivity contribution in [3.8, 4) is 5.75 Å². The van der Waals surface area contributed by atoms with Crippen molar-refractivity contribution in [3.63, 3.8) is 0 Å². The molecule has 1 atom stereocenters. The molecule has 31 heavy (non-hydrogen) atoms. The minimum absolute atomic E-state index is 0.0591. The molecule has 2 heterocycles. The molecule has 0 unspecified atom stereocenters. The van der Waals surface area contributed by atoms with Crippen molar-refractivity contribution >= 4 is 28.5 Å². The molecule has 3 aromatic rings. The van der Waals surface area contributed by atoms with E-state index in [2.05, 4.69) is 0 Å². The van der Waals surface area contributed by atoms with E-state index in [1.54, 1.807) is 12.0 Å². The minimum atomic E-state index is -0.0773. The highest BCUT2D eigenvalue weighted by molar-refractivity contribution is 5.96. The van der Waals surface area contributed by atoms with Crippen LogP contribution in [0.2, 0.25) is 0 Å². The molecule has 0 bridgehead atoms. The fourth-order valence-corrected chi connectivity index (χ4v) is 4.28. The summed E-state index contributed by atoms with van der Waals surface area (Å²) in [5.41, 5.74) is 2.61. The normalized spacial score (nSPS) is 16.2. The van der Waals surface area contributed by atoms with E-state index in [9.17, 15) is 9.59 Å². The summed E-state index contributed by atoms with van der Waals surface area (Å²) in [7, 11) is 1.62. The average molecular weight is 421 g/mol. The number of methoxy groups -OCH3 is 1. The molecular formula is C24H28N4O3. The maximum atomic E-state index is 12.9. The van der Waals surface area contributed by atoms with Crippen molar-refractivity contribution in [1.29, 1.82) is 0 Å². The summed E-state index contributed by atoms with van der Waals surface area (Å²) in [5, 5.41) is 0. The first kappa shape index (κ1) is 20.9. The van der Waals surface area contributed by atoms with Gasteiger partial charge in [0.15, 0.2) is 0 Å².